The van der Waals surface area contributed by atoms with E-state index in [1.165, 1.54) is 6.07 Å². The molecule has 9 nitrogen and oxygen atoms in total. The van der Waals surface area contributed by atoms with Crippen molar-refractivity contribution in [1.82, 2.24) is 29.4 Å². The standard InChI is InChI=1S/C21H30N6O3S2/c1-6-8-16-18-19(27(5)25-16)21(31)24-20(23-18)15-13-14(9-10-17(15)30-7-2)32(28,29)22-11-12-26(3)4/h9-10,13,22H,6-8,11-12H2,1-5H3,(H,23,24,31). The monoisotopic (exact) mass is 478 g/mol. The fraction of sp³-hybridized carbons (Fsp3) is 0.476. The van der Waals surface area contributed by atoms with Gasteiger partial charge in [0.2, 0.25) is 10.0 Å². The van der Waals surface area contributed by atoms with Gasteiger partial charge >= 0.3 is 0 Å². The summed E-state index contributed by atoms with van der Waals surface area (Å²) in [6, 6.07) is 4.75. The number of nitrogens with zero attached hydrogens (tertiary/aromatic N) is 4. The van der Waals surface area contributed by atoms with Crippen LogP contribution in [0.2, 0.25) is 0 Å². The van der Waals surface area contributed by atoms with Crippen LogP contribution in [0.4, 0.5) is 0 Å². The number of aromatic nitrogens is 4. The molecule has 0 aliphatic rings. The van der Waals surface area contributed by atoms with E-state index in [2.05, 4.69) is 26.7 Å². The van der Waals surface area contributed by atoms with E-state index in [4.69, 9.17) is 17.0 Å². The Kier molecular flexibility index (Phi) is 7.65. The lowest BCUT2D eigenvalue weighted by Crippen LogP contribution is -2.31. The van der Waals surface area contributed by atoms with E-state index in [-0.39, 0.29) is 4.90 Å². The number of aromatic amines is 1. The lowest BCUT2D eigenvalue weighted by atomic mass is 10.1. The van der Waals surface area contributed by atoms with Gasteiger partial charge in [-0.05, 0) is 45.6 Å². The molecule has 0 unspecified atom stereocenters. The SMILES string of the molecule is CCCc1nn(C)c2c(=S)nc(-c3cc(S(=O)(=O)NCCN(C)C)ccc3OCC)[nH]c12. The summed E-state index contributed by atoms with van der Waals surface area (Å²) in [4.78, 5) is 9.93. The Hall–Kier alpha value is -2.34. The van der Waals surface area contributed by atoms with E-state index >= 15 is 0 Å². The highest BCUT2D eigenvalue weighted by atomic mass is 32.2. The maximum atomic E-state index is 12.9. The number of H-pyrrole nitrogens is 1. The zero-order chi connectivity index (χ0) is 23.5. The minimum Gasteiger partial charge on any atom is -0.493 e. The summed E-state index contributed by atoms with van der Waals surface area (Å²) in [6.07, 6.45) is 1.72. The third-order valence-electron chi connectivity index (χ3n) is 4.93. The van der Waals surface area contributed by atoms with Gasteiger partial charge in [-0.3, -0.25) is 4.68 Å². The number of hydrogen-bond acceptors (Lipinski definition) is 7. The minimum atomic E-state index is -3.70. The summed E-state index contributed by atoms with van der Waals surface area (Å²) in [5.41, 5.74) is 2.98. The summed E-state index contributed by atoms with van der Waals surface area (Å²) in [7, 11) is 1.91. The quantitative estimate of drug-likeness (QED) is 0.432. The Morgan fingerprint density at radius 2 is 2.03 bits per heavy atom. The average Bonchev–Trinajstić information content (AvgIpc) is 3.04. The maximum absolute atomic E-state index is 12.9. The fourth-order valence-corrected chi connectivity index (χ4v) is 4.80. The van der Waals surface area contributed by atoms with Gasteiger partial charge in [-0.2, -0.15) is 5.10 Å². The molecule has 3 rings (SSSR count). The van der Waals surface area contributed by atoms with E-state index in [0.717, 1.165) is 29.6 Å². The van der Waals surface area contributed by atoms with Crippen LogP contribution in [0.15, 0.2) is 23.1 Å². The van der Waals surface area contributed by atoms with Crippen molar-refractivity contribution in [3.05, 3.63) is 28.5 Å². The molecule has 11 heteroatoms. The number of ether oxygens (including phenoxy) is 1. The Balaban J connectivity index is 2.13. The van der Waals surface area contributed by atoms with Gasteiger partial charge in [-0.15, -0.1) is 0 Å². The minimum absolute atomic E-state index is 0.135. The van der Waals surface area contributed by atoms with E-state index < -0.39 is 10.0 Å². The molecule has 0 spiro atoms. The number of nitrogens with one attached hydrogen (secondary N) is 2. The van der Waals surface area contributed by atoms with Gasteiger partial charge in [0.05, 0.1) is 28.3 Å². The molecular formula is C21H30N6O3S2. The summed E-state index contributed by atoms with van der Waals surface area (Å²) in [5, 5.41) is 4.58. The van der Waals surface area contributed by atoms with Gasteiger partial charge in [0.15, 0.2) is 4.64 Å². The van der Waals surface area contributed by atoms with E-state index in [9.17, 15) is 8.42 Å². The number of hydrogen-bond donors (Lipinski definition) is 2. The van der Waals surface area contributed by atoms with Gasteiger partial charge in [-0.1, -0.05) is 25.6 Å². The van der Waals surface area contributed by atoms with Gasteiger partial charge in [0.1, 0.15) is 17.1 Å². The summed E-state index contributed by atoms with van der Waals surface area (Å²) in [5.74, 6) is 0.972. The summed E-state index contributed by atoms with van der Waals surface area (Å²) in [6.45, 7) is 5.28. The second-order valence-electron chi connectivity index (χ2n) is 7.73. The number of aryl methyl sites for hydroxylation is 2. The first-order valence-electron chi connectivity index (χ1n) is 10.6. The third-order valence-corrected chi connectivity index (χ3v) is 6.68. The topological polar surface area (TPSA) is 105 Å². The van der Waals surface area contributed by atoms with Crippen molar-refractivity contribution in [3.8, 4) is 17.1 Å². The molecule has 0 aliphatic heterocycles. The Bertz CT molecular complexity index is 1260. The molecular weight excluding hydrogens is 448 g/mol. The first kappa shape index (κ1) is 24.3. The van der Waals surface area contributed by atoms with Crippen LogP contribution in [-0.4, -0.2) is 66.9 Å². The van der Waals surface area contributed by atoms with Crippen LogP contribution in [0.5, 0.6) is 5.75 Å². The number of likely N-dealkylation sites (N-methyl/N-ethyl adjacent to an activating group) is 1. The second-order valence-corrected chi connectivity index (χ2v) is 9.88. The number of benzene rings is 1. The van der Waals surface area contributed by atoms with Crippen molar-refractivity contribution < 1.29 is 13.2 Å². The van der Waals surface area contributed by atoms with Crippen LogP contribution in [0.3, 0.4) is 0 Å². The van der Waals surface area contributed by atoms with Crippen LogP contribution in [0.1, 0.15) is 26.0 Å². The van der Waals surface area contributed by atoms with Crippen LogP contribution in [0, 0.1) is 4.64 Å². The molecule has 0 saturated heterocycles. The molecule has 0 amide bonds. The summed E-state index contributed by atoms with van der Waals surface area (Å²) < 4.78 is 36.2. The molecule has 0 atom stereocenters. The van der Waals surface area contributed by atoms with Crippen molar-refractivity contribution in [2.75, 3.05) is 33.8 Å². The molecule has 174 valence electrons. The van der Waals surface area contributed by atoms with Gasteiger partial charge < -0.3 is 14.6 Å². The van der Waals surface area contributed by atoms with Crippen LogP contribution < -0.4 is 9.46 Å². The number of sulfonamides is 1. The maximum Gasteiger partial charge on any atom is 0.240 e. The van der Waals surface area contributed by atoms with Crippen molar-refractivity contribution in [3.63, 3.8) is 0 Å². The highest BCUT2D eigenvalue weighted by Gasteiger charge is 2.20. The van der Waals surface area contributed by atoms with Crippen molar-refractivity contribution in [2.24, 2.45) is 7.05 Å². The Morgan fingerprint density at radius 1 is 1.28 bits per heavy atom. The van der Waals surface area contributed by atoms with Gasteiger partial charge in [0, 0.05) is 20.1 Å². The van der Waals surface area contributed by atoms with E-state index in [0.29, 0.717) is 41.5 Å². The Labute approximate surface area is 193 Å². The molecule has 32 heavy (non-hydrogen) atoms. The zero-order valence-electron chi connectivity index (χ0n) is 19.1. The van der Waals surface area contributed by atoms with Crippen LogP contribution in [0.25, 0.3) is 22.4 Å². The lowest BCUT2D eigenvalue weighted by molar-refractivity contribution is 0.341. The summed E-state index contributed by atoms with van der Waals surface area (Å²) >= 11 is 5.55. The molecule has 0 radical (unpaired) electrons. The molecule has 0 saturated carbocycles. The largest absolute Gasteiger partial charge is 0.493 e. The van der Waals surface area contributed by atoms with E-state index in [1.54, 1.807) is 16.8 Å². The third kappa shape index (κ3) is 5.17. The molecule has 3 aromatic rings. The smallest absolute Gasteiger partial charge is 0.240 e. The number of fused-ring (bicyclic) bond motifs is 1. The zero-order valence-corrected chi connectivity index (χ0v) is 20.7. The highest BCUT2D eigenvalue weighted by molar-refractivity contribution is 7.89. The Morgan fingerprint density at radius 3 is 2.69 bits per heavy atom. The van der Waals surface area contributed by atoms with Gasteiger partial charge in [0.25, 0.3) is 0 Å². The second kappa shape index (κ2) is 10.1. The van der Waals surface area contributed by atoms with Crippen LogP contribution in [-0.2, 0) is 23.5 Å². The predicted molar refractivity (Wildman–Crippen MR) is 128 cm³/mol. The lowest BCUT2D eigenvalue weighted by Gasteiger charge is -2.14. The molecule has 2 aromatic heterocycles. The van der Waals surface area contributed by atoms with Crippen molar-refractivity contribution in [2.45, 2.75) is 31.6 Å². The molecule has 2 N–H and O–H groups in total. The molecule has 0 aliphatic carbocycles. The first-order valence-corrected chi connectivity index (χ1v) is 12.4. The van der Waals surface area contributed by atoms with Crippen LogP contribution >= 0.6 is 12.2 Å². The predicted octanol–water partition coefficient (Wildman–Crippen LogP) is 2.88. The average molecular weight is 479 g/mol. The molecule has 1 aromatic carbocycles. The highest BCUT2D eigenvalue weighted by Crippen LogP contribution is 2.32. The fourth-order valence-electron chi connectivity index (χ4n) is 3.43. The molecule has 0 fully saturated rings. The van der Waals surface area contributed by atoms with Crippen molar-refractivity contribution >= 4 is 33.3 Å². The molecule has 0 bridgehead atoms. The van der Waals surface area contributed by atoms with E-state index in [1.807, 2.05) is 33.0 Å². The first-order chi connectivity index (χ1) is 15.2. The normalized spacial score (nSPS) is 12.1. The van der Waals surface area contributed by atoms with Gasteiger partial charge in [-0.25, -0.2) is 18.1 Å². The van der Waals surface area contributed by atoms with Crippen molar-refractivity contribution in [1.29, 1.82) is 0 Å². The molecule has 2 heterocycles. The number of rotatable bonds is 10.